The predicted octanol–water partition coefficient (Wildman–Crippen LogP) is 3.15. The van der Waals surface area contributed by atoms with Gasteiger partial charge in [0, 0.05) is 29.8 Å². The number of hydrogen-bond donors (Lipinski definition) is 1. The fourth-order valence-electron chi connectivity index (χ4n) is 3.28. The molecule has 2 aromatic rings. The summed E-state index contributed by atoms with van der Waals surface area (Å²) in [6.07, 6.45) is 2.15. The van der Waals surface area contributed by atoms with Gasteiger partial charge in [0.05, 0.1) is 12.8 Å². The molecule has 0 spiro atoms. The van der Waals surface area contributed by atoms with Crippen LogP contribution in [0.4, 0.5) is 0 Å². The number of nitrogens with zero attached hydrogens (tertiary/aromatic N) is 1. The van der Waals surface area contributed by atoms with Gasteiger partial charge in [0.2, 0.25) is 0 Å². The second kappa shape index (κ2) is 4.38. The third-order valence-electron chi connectivity index (χ3n) is 4.28. The second-order valence-electron chi connectivity index (χ2n) is 6.24. The summed E-state index contributed by atoms with van der Waals surface area (Å²) < 4.78 is 7.66. The number of fused-ring (bicyclic) bond motifs is 3. The molecule has 3 heteroatoms. The molecule has 1 aliphatic carbocycles. The fourth-order valence-corrected chi connectivity index (χ4v) is 3.28. The van der Waals surface area contributed by atoms with Gasteiger partial charge in [-0.2, -0.15) is 0 Å². The number of rotatable bonds is 3. The number of benzene rings is 1. The minimum absolute atomic E-state index is 0.0417. The molecule has 3 rings (SSSR count). The summed E-state index contributed by atoms with van der Waals surface area (Å²) in [5.41, 5.74) is 11.3. The lowest BCUT2D eigenvalue weighted by Gasteiger charge is -2.20. The first-order valence-corrected chi connectivity index (χ1v) is 7.09. The van der Waals surface area contributed by atoms with Gasteiger partial charge in [-0.1, -0.05) is 19.9 Å². The molecule has 0 unspecified atom stereocenters. The molecule has 3 nitrogen and oxygen atoms in total. The molecule has 1 heterocycles. The van der Waals surface area contributed by atoms with Crippen LogP contribution in [0, 0.1) is 0 Å². The average Bonchev–Trinajstić information content (AvgIpc) is 2.89. The first kappa shape index (κ1) is 13.3. The number of hydrogen-bond acceptors (Lipinski definition) is 2. The van der Waals surface area contributed by atoms with Crippen LogP contribution in [0.3, 0.4) is 0 Å². The highest BCUT2D eigenvalue weighted by Gasteiger charge is 2.37. The van der Waals surface area contributed by atoms with E-state index in [1.165, 1.54) is 22.4 Å². The van der Waals surface area contributed by atoms with Gasteiger partial charge in [-0.05, 0) is 36.2 Å². The number of aromatic nitrogens is 1. The van der Waals surface area contributed by atoms with Crippen LogP contribution in [0.1, 0.15) is 31.9 Å². The van der Waals surface area contributed by atoms with Crippen LogP contribution in [0.25, 0.3) is 11.3 Å². The van der Waals surface area contributed by atoms with Gasteiger partial charge < -0.3 is 15.0 Å². The Labute approximate surface area is 120 Å². The average molecular weight is 270 g/mol. The van der Waals surface area contributed by atoms with Crippen molar-refractivity contribution in [3.05, 3.63) is 41.6 Å². The summed E-state index contributed by atoms with van der Waals surface area (Å²) in [6.45, 7) is 7.43. The number of nitrogens with two attached hydrogens (primary N) is 1. The maximum absolute atomic E-state index is 5.98. The third-order valence-corrected chi connectivity index (χ3v) is 4.28. The lowest BCUT2D eigenvalue weighted by Crippen LogP contribution is -2.22. The lowest BCUT2D eigenvalue weighted by atomic mass is 9.83. The topological polar surface area (TPSA) is 40.2 Å². The van der Waals surface area contributed by atoms with E-state index >= 15 is 0 Å². The summed E-state index contributed by atoms with van der Waals surface area (Å²) in [7, 11) is 1.71. The van der Waals surface area contributed by atoms with Gasteiger partial charge >= 0.3 is 0 Å². The highest BCUT2D eigenvalue weighted by molar-refractivity contribution is 5.79. The molecule has 106 valence electrons. The maximum Gasteiger partial charge on any atom is 0.119 e. The van der Waals surface area contributed by atoms with E-state index in [4.69, 9.17) is 10.5 Å². The highest BCUT2D eigenvalue weighted by Crippen LogP contribution is 2.50. The molecule has 1 atom stereocenters. The Bertz CT molecular complexity index is 653. The normalized spacial score (nSPS) is 16.6. The van der Waals surface area contributed by atoms with E-state index in [1.54, 1.807) is 7.11 Å². The monoisotopic (exact) mass is 270 g/mol. The molecular weight excluding hydrogens is 248 g/mol. The summed E-state index contributed by atoms with van der Waals surface area (Å²) >= 11 is 0. The van der Waals surface area contributed by atoms with Crippen LogP contribution in [-0.2, 0) is 12.0 Å². The van der Waals surface area contributed by atoms with Crippen molar-refractivity contribution in [1.29, 1.82) is 0 Å². The van der Waals surface area contributed by atoms with Crippen LogP contribution in [0.2, 0.25) is 0 Å². The maximum atomic E-state index is 5.98. The Morgan fingerprint density at radius 2 is 2.00 bits per heavy atom. The van der Waals surface area contributed by atoms with E-state index in [1.807, 2.05) is 13.0 Å². The Hall–Kier alpha value is -1.74. The zero-order valence-corrected chi connectivity index (χ0v) is 12.6. The van der Waals surface area contributed by atoms with E-state index in [9.17, 15) is 0 Å². The first-order valence-electron chi connectivity index (χ1n) is 7.09. The quantitative estimate of drug-likeness (QED) is 0.930. The van der Waals surface area contributed by atoms with Crippen molar-refractivity contribution < 1.29 is 4.74 Å². The fraction of sp³-hybridized carbons (Fsp3) is 0.412. The minimum Gasteiger partial charge on any atom is -0.497 e. The molecule has 1 aromatic heterocycles. The lowest BCUT2D eigenvalue weighted by molar-refractivity contribution is 0.414. The predicted molar refractivity (Wildman–Crippen MR) is 82.2 cm³/mol. The van der Waals surface area contributed by atoms with E-state index in [-0.39, 0.29) is 11.5 Å². The van der Waals surface area contributed by atoms with E-state index in [2.05, 4.69) is 42.8 Å². The largest absolute Gasteiger partial charge is 0.497 e. The summed E-state index contributed by atoms with van der Waals surface area (Å²) in [6, 6.07) is 8.74. The molecular formula is C17H22N2O. The SMILES string of the molecule is COc1ccc2c(c1)-c1c(ccn1C[C@H](C)N)C2(C)C. The molecule has 0 saturated heterocycles. The number of methoxy groups -OCH3 is 1. The Morgan fingerprint density at radius 3 is 2.65 bits per heavy atom. The van der Waals surface area contributed by atoms with E-state index < -0.39 is 0 Å². The van der Waals surface area contributed by atoms with Gasteiger partial charge in [-0.15, -0.1) is 0 Å². The molecule has 0 aliphatic heterocycles. The van der Waals surface area contributed by atoms with Crippen molar-refractivity contribution in [3.63, 3.8) is 0 Å². The van der Waals surface area contributed by atoms with Gasteiger partial charge in [-0.25, -0.2) is 0 Å². The Kier molecular flexibility index (Phi) is 2.91. The zero-order chi connectivity index (χ0) is 14.5. The molecule has 1 aliphatic rings. The number of ether oxygens (including phenoxy) is 1. The Morgan fingerprint density at radius 1 is 1.25 bits per heavy atom. The molecule has 0 fully saturated rings. The smallest absolute Gasteiger partial charge is 0.119 e. The van der Waals surface area contributed by atoms with E-state index in [0.29, 0.717) is 0 Å². The van der Waals surface area contributed by atoms with Gasteiger partial charge in [0.1, 0.15) is 5.75 Å². The third kappa shape index (κ3) is 1.77. The molecule has 1 aromatic carbocycles. The van der Waals surface area contributed by atoms with Crippen LogP contribution in [0.15, 0.2) is 30.5 Å². The molecule has 0 bridgehead atoms. The zero-order valence-electron chi connectivity index (χ0n) is 12.6. The van der Waals surface area contributed by atoms with Crippen LogP contribution >= 0.6 is 0 Å². The molecule has 0 amide bonds. The van der Waals surface area contributed by atoms with Gasteiger partial charge in [-0.3, -0.25) is 0 Å². The van der Waals surface area contributed by atoms with Crippen molar-refractivity contribution >= 4 is 0 Å². The molecule has 2 N–H and O–H groups in total. The standard InChI is InChI=1S/C17H22N2O/c1-11(18)10-19-8-7-15-16(19)13-9-12(20-4)5-6-14(13)17(15,2)3/h5-9,11H,10,18H2,1-4H3/t11-/m0/s1. The summed E-state index contributed by atoms with van der Waals surface area (Å²) in [4.78, 5) is 0. The van der Waals surface area contributed by atoms with Crippen LogP contribution < -0.4 is 10.5 Å². The van der Waals surface area contributed by atoms with Gasteiger partial charge in [0.25, 0.3) is 0 Å². The van der Waals surface area contributed by atoms with Crippen molar-refractivity contribution in [2.75, 3.05) is 7.11 Å². The molecule has 0 saturated carbocycles. The van der Waals surface area contributed by atoms with Crippen molar-refractivity contribution in [2.24, 2.45) is 5.73 Å². The Balaban J connectivity index is 2.22. The minimum atomic E-state index is 0.0417. The van der Waals surface area contributed by atoms with Gasteiger partial charge in [0.15, 0.2) is 0 Å². The first-order chi connectivity index (χ1) is 9.45. The van der Waals surface area contributed by atoms with Crippen molar-refractivity contribution in [1.82, 2.24) is 4.57 Å². The van der Waals surface area contributed by atoms with Crippen LogP contribution in [-0.4, -0.2) is 17.7 Å². The van der Waals surface area contributed by atoms with E-state index in [0.717, 1.165) is 12.3 Å². The molecule has 0 radical (unpaired) electrons. The summed E-state index contributed by atoms with van der Waals surface area (Å²) in [5, 5.41) is 0. The summed E-state index contributed by atoms with van der Waals surface area (Å²) in [5.74, 6) is 0.904. The van der Waals surface area contributed by atoms with Crippen LogP contribution in [0.5, 0.6) is 5.75 Å². The second-order valence-corrected chi connectivity index (χ2v) is 6.24. The molecule has 20 heavy (non-hydrogen) atoms. The highest BCUT2D eigenvalue weighted by atomic mass is 16.5. The van der Waals surface area contributed by atoms with Crippen molar-refractivity contribution in [3.8, 4) is 17.0 Å². The van der Waals surface area contributed by atoms with Crippen molar-refractivity contribution in [2.45, 2.75) is 38.8 Å².